The van der Waals surface area contributed by atoms with Crippen molar-refractivity contribution >= 4 is 35.0 Å². The fourth-order valence-electron chi connectivity index (χ4n) is 3.77. The van der Waals surface area contributed by atoms with Crippen molar-refractivity contribution in [3.63, 3.8) is 0 Å². The van der Waals surface area contributed by atoms with Crippen LogP contribution < -0.4 is 10.6 Å². The van der Waals surface area contributed by atoms with E-state index in [0.717, 1.165) is 11.4 Å². The number of amides is 2. The molecule has 0 aliphatic heterocycles. The molecule has 2 amide bonds. The van der Waals surface area contributed by atoms with Crippen molar-refractivity contribution in [1.29, 1.82) is 0 Å². The van der Waals surface area contributed by atoms with Crippen LogP contribution in [0, 0.1) is 0 Å². The minimum Gasteiger partial charge on any atom is -0.325 e. The number of carbonyl (C=O) groups is 2. The maximum atomic E-state index is 12.9. The van der Waals surface area contributed by atoms with Gasteiger partial charge in [0.15, 0.2) is 11.0 Å². The molecule has 2 N–H and O–H groups in total. The Kier molecular flexibility index (Phi) is 7.38. The van der Waals surface area contributed by atoms with Gasteiger partial charge in [-0.05, 0) is 48.5 Å². The van der Waals surface area contributed by atoms with Gasteiger partial charge in [-0.1, -0.05) is 78.5 Å². The van der Waals surface area contributed by atoms with Gasteiger partial charge in [0, 0.05) is 22.5 Å². The summed E-state index contributed by atoms with van der Waals surface area (Å²) in [5.74, 6) is 0.356. The lowest BCUT2D eigenvalue weighted by molar-refractivity contribution is -0.113. The van der Waals surface area contributed by atoms with Gasteiger partial charge < -0.3 is 10.6 Å². The van der Waals surface area contributed by atoms with Gasteiger partial charge in [0.2, 0.25) is 5.91 Å². The van der Waals surface area contributed by atoms with Crippen molar-refractivity contribution in [3.05, 3.63) is 121 Å². The number of carbonyl (C=O) groups excluding carboxylic acids is 2. The number of aromatic nitrogens is 3. The van der Waals surface area contributed by atoms with Crippen molar-refractivity contribution in [3.8, 4) is 17.1 Å². The second kappa shape index (κ2) is 11.4. The van der Waals surface area contributed by atoms with E-state index in [1.165, 1.54) is 11.8 Å². The molecule has 0 atom stereocenters. The van der Waals surface area contributed by atoms with Crippen LogP contribution in [0.5, 0.6) is 0 Å². The Hall–Kier alpha value is -4.69. The van der Waals surface area contributed by atoms with E-state index in [2.05, 4.69) is 20.8 Å². The van der Waals surface area contributed by atoms with Crippen LogP contribution in [0.1, 0.15) is 10.4 Å². The Morgan fingerprint density at radius 3 is 2.05 bits per heavy atom. The van der Waals surface area contributed by atoms with Crippen molar-refractivity contribution in [2.24, 2.45) is 0 Å². The summed E-state index contributed by atoms with van der Waals surface area (Å²) in [6.45, 7) is 0. The van der Waals surface area contributed by atoms with Crippen LogP contribution in [0.4, 0.5) is 11.4 Å². The number of anilines is 2. The molecular weight excluding hydrogens is 482 g/mol. The molecule has 0 fully saturated rings. The lowest BCUT2D eigenvalue weighted by Gasteiger charge is -2.14. The molecular formula is C29H23N5O2S. The molecule has 4 aromatic carbocycles. The minimum absolute atomic E-state index is 0.143. The number of benzene rings is 4. The predicted octanol–water partition coefficient (Wildman–Crippen LogP) is 5.92. The van der Waals surface area contributed by atoms with E-state index in [1.807, 2.05) is 108 Å². The molecule has 0 aliphatic rings. The van der Waals surface area contributed by atoms with Gasteiger partial charge in [0.05, 0.1) is 11.4 Å². The first-order valence-corrected chi connectivity index (χ1v) is 12.6. The van der Waals surface area contributed by atoms with Crippen LogP contribution in [0.2, 0.25) is 0 Å². The van der Waals surface area contributed by atoms with E-state index < -0.39 is 0 Å². The summed E-state index contributed by atoms with van der Waals surface area (Å²) >= 11 is 1.29. The molecule has 0 radical (unpaired) electrons. The van der Waals surface area contributed by atoms with Crippen molar-refractivity contribution in [2.75, 3.05) is 16.4 Å². The number of thioether (sulfide) groups is 1. The fraction of sp³-hybridized carbons (Fsp3) is 0.0345. The summed E-state index contributed by atoms with van der Waals surface area (Å²) in [5.41, 5.74) is 3.46. The molecule has 0 bridgehead atoms. The molecule has 5 rings (SSSR count). The summed E-state index contributed by atoms with van der Waals surface area (Å²) in [6, 6.07) is 35.5. The quantitative estimate of drug-likeness (QED) is 0.256. The molecule has 5 aromatic rings. The number of para-hydroxylation sites is 3. The summed E-state index contributed by atoms with van der Waals surface area (Å²) in [6.07, 6.45) is 0. The van der Waals surface area contributed by atoms with E-state index in [4.69, 9.17) is 0 Å². The first-order chi connectivity index (χ1) is 18.2. The van der Waals surface area contributed by atoms with Crippen LogP contribution in [-0.4, -0.2) is 32.3 Å². The number of nitrogens with one attached hydrogen (secondary N) is 2. The maximum Gasteiger partial charge on any atom is 0.255 e. The lowest BCUT2D eigenvalue weighted by atomic mass is 10.1. The minimum atomic E-state index is -0.217. The van der Waals surface area contributed by atoms with E-state index in [-0.39, 0.29) is 17.6 Å². The highest BCUT2D eigenvalue weighted by atomic mass is 32.2. The Morgan fingerprint density at radius 2 is 1.32 bits per heavy atom. The molecule has 0 spiro atoms. The van der Waals surface area contributed by atoms with Crippen molar-refractivity contribution in [1.82, 2.24) is 14.8 Å². The average Bonchev–Trinajstić information content (AvgIpc) is 3.37. The van der Waals surface area contributed by atoms with Gasteiger partial charge in [0.25, 0.3) is 5.91 Å². The molecule has 1 aromatic heterocycles. The number of hydrogen-bond donors (Lipinski definition) is 2. The molecule has 7 nitrogen and oxygen atoms in total. The maximum absolute atomic E-state index is 12.9. The SMILES string of the molecule is O=C(CSc1nnc(-c2ccccc2NC(=O)c2ccccc2)n1-c1ccccc1)Nc1ccccc1. The summed E-state index contributed by atoms with van der Waals surface area (Å²) in [7, 11) is 0. The van der Waals surface area contributed by atoms with Crippen molar-refractivity contribution in [2.45, 2.75) is 5.16 Å². The molecule has 0 saturated carbocycles. The Morgan fingerprint density at radius 1 is 0.703 bits per heavy atom. The van der Waals surface area contributed by atoms with Gasteiger partial charge in [-0.25, -0.2) is 0 Å². The molecule has 1 heterocycles. The molecule has 182 valence electrons. The van der Waals surface area contributed by atoms with Crippen LogP contribution >= 0.6 is 11.8 Å². The van der Waals surface area contributed by atoms with Gasteiger partial charge in [-0.2, -0.15) is 0 Å². The van der Waals surface area contributed by atoms with Crippen LogP contribution in [0.15, 0.2) is 120 Å². The zero-order valence-electron chi connectivity index (χ0n) is 19.7. The highest BCUT2D eigenvalue weighted by Crippen LogP contribution is 2.32. The number of hydrogen-bond acceptors (Lipinski definition) is 5. The number of rotatable bonds is 8. The smallest absolute Gasteiger partial charge is 0.255 e. The standard InChI is InChI=1S/C29H23N5O2S/c35-26(30-22-14-6-2-7-15-22)20-37-29-33-32-27(34(29)23-16-8-3-9-17-23)24-18-10-11-19-25(24)31-28(36)21-12-4-1-5-13-21/h1-19H,20H2,(H,30,35)(H,31,36). The van der Waals surface area contributed by atoms with Crippen LogP contribution in [0.3, 0.4) is 0 Å². The third kappa shape index (κ3) is 5.76. The first kappa shape index (κ1) is 24.0. The average molecular weight is 506 g/mol. The molecule has 0 unspecified atom stereocenters. The normalized spacial score (nSPS) is 10.6. The predicted molar refractivity (Wildman–Crippen MR) is 147 cm³/mol. The summed E-state index contributed by atoms with van der Waals surface area (Å²) in [4.78, 5) is 25.5. The highest BCUT2D eigenvalue weighted by Gasteiger charge is 2.20. The third-order valence-electron chi connectivity index (χ3n) is 5.49. The summed E-state index contributed by atoms with van der Waals surface area (Å²) < 4.78 is 1.90. The zero-order valence-corrected chi connectivity index (χ0v) is 20.6. The Bertz CT molecular complexity index is 1510. The van der Waals surface area contributed by atoms with Gasteiger partial charge in [-0.15, -0.1) is 10.2 Å². The topological polar surface area (TPSA) is 88.9 Å². The second-order valence-corrected chi connectivity index (χ2v) is 8.99. The molecule has 8 heteroatoms. The molecule has 0 saturated heterocycles. The summed E-state index contributed by atoms with van der Waals surface area (Å²) in [5, 5.41) is 15.3. The van der Waals surface area contributed by atoms with Gasteiger partial charge in [-0.3, -0.25) is 14.2 Å². The van der Waals surface area contributed by atoms with Gasteiger partial charge >= 0.3 is 0 Å². The third-order valence-corrected chi connectivity index (χ3v) is 6.42. The van der Waals surface area contributed by atoms with Crippen LogP contribution in [0.25, 0.3) is 17.1 Å². The second-order valence-electron chi connectivity index (χ2n) is 8.05. The zero-order chi connectivity index (χ0) is 25.5. The Balaban J connectivity index is 1.45. The van der Waals surface area contributed by atoms with E-state index in [9.17, 15) is 9.59 Å². The van der Waals surface area contributed by atoms with Crippen LogP contribution in [-0.2, 0) is 4.79 Å². The largest absolute Gasteiger partial charge is 0.325 e. The first-order valence-electron chi connectivity index (χ1n) is 11.6. The lowest BCUT2D eigenvalue weighted by Crippen LogP contribution is -2.14. The van der Waals surface area contributed by atoms with E-state index >= 15 is 0 Å². The van der Waals surface area contributed by atoms with Gasteiger partial charge in [0.1, 0.15) is 0 Å². The Labute approximate surface area is 218 Å². The van der Waals surface area contributed by atoms with E-state index in [0.29, 0.717) is 27.8 Å². The van der Waals surface area contributed by atoms with Crippen molar-refractivity contribution < 1.29 is 9.59 Å². The monoisotopic (exact) mass is 505 g/mol. The fourth-order valence-corrected chi connectivity index (χ4v) is 4.52. The highest BCUT2D eigenvalue weighted by molar-refractivity contribution is 7.99. The van der Waals surface area contributed by atoms with E-state index in [1.54, 1.807) is 12.1 Å². The molecule has 37 heavy (non-hydrogen) atoms. The number of nitrogens with zero attached hydrogens (tertiary/aromatic N) is 3. The molecule has 0 aliphatic carbocycles.